The first-order valence-electron chi connectivity index (χ1n) is 7.70. The lowest BCUT2D eigenvalue weighted by Crippen LogP contribution is -2.53. The molecule has 2 N–H and O–H groups in total. The van der Waals surface area contributed by atoms with Gasteiger partial charge in [-0.2, -0.15) is 0 Å². The number of carbonyl (C=O) groups is 2. The van der Waals surface area contributed by atoms with E-state index in [9.17, 15) is 9.59 Å². The molecular weight excluding hydrogens is 268 g/mol. The standard InChI is InChI=1S/C15H22N4O2/c20-14(16-6-10-18-7-2-1-3-8-18)12-11-19-9-4-5-13(19)15(21)17-12/h4-5,9,12H,1-3,6-8,10-11H2,(H,16,20)(H,17,21). The highest BCUT2D eigenvalue weighted by molar-refractivity contribution is 5.97. The summed E-state index contributed by atoms with van der Waals surface area (Å²) in [5, 5.41) is 5.70. The predicted octanol–water partition coefficient (Wildman–Crippen LogP) is 0.202. The third-order valence-electron chi connectivity index (χ3n) is 4.24. The first-order chi connectivity index (χ1) is 10.2. The Hall–Kier alpha value is -1.82. The van der Waals surface area contributed by atoms with E-state index in [0.717, 1.165) is 19.6 Å². The maximum absolute atomic E-state index is 12.2. The minimum atomic E-state index is -0.473. The van der Waals surface area contributed by atoms with Gasteiger partial charge in [0.2, 0.25) is 5.91 Å². The van der Waals surface area contributed by atoms with E-state index in [1.54, 1.807) is 6.07 Å². The van der Waals surface area contributed by atoms with E-state index < -0.39 is 6.04 Å². The summed E-state index contributed by atoms with van der Waals surface area (Å²) in [4.78, 5) is 26.4. The number of nitrogens with one attached hydrogen (secondary N) is 2. The van der Waals surface area contributed by atoms with Crippen molar-refractivity contribution in [3.05, 3.63) is 24.0 Å². The van der Waals surface area contributed by atoms with Gasteiger partial charge in [0.15, 0.2) is 0 Å². The Kier molecular flexibility index (Phi) is 4.24. The molecule has 1 fully saturated rings. The van der Waals surface area contributed by atoms with E-state index in [1.807, 2.05) is 16.8 Å². The maximum atomic E-state index is 12.2. The van der Waals surface area contributed by atoms with Crippen LogP contribution in [0.2, 0.25) is 0 Å². The third kappa shape index (κ3) is 3.26. The Labute approximate surface area is 124 Å². The van der Waals surface area contributed by atoms with Crippen LogP contribution in [0.5, 0.6) is 0 Å². The summed E-state index contributed by atoms with van der Waals surface area (Å²) in [6.45, 7) is 4.29. The summed E-state index contributed by atoms with van der Waals surface area (Å²) in [7, 11) is 0. The van der Waals surface area contributed by atoms with Gasteiger partial charge in [-0.1, -0.05) is 6.42 Å². The van der Waals surface area contributed by atoms with Crippen molar-refractivity contribution in [1.29, 1.82) is 0 Å². The number of carbonyl (C=O) groups excluding carboxylic acids is 2. The maximum Gasteiger partial charge on any atom is 0.268 e. The number of rotatable bonds is 4. The first kappa shape index (κ1) is 14.1. The van der Waals surface area contributed by atoms with Crippen LogP contribution in [0.1, 0.15) is 29.8 Å². The fraction of sp³-hybridized carbons (Fsp3) is 0.600. The molecule has 1 atom stereocenters. The van der Waals surface area contributed by atoms with E-state index in [1.165, 1.54) is 19.3 Å². The minimum Gasteiger partial charge on any atom is -0.353 e. The van der Waals surface area contributed by atoms with Crippen molar-refractivity contribution in [1.82, 2.24) is 20.1 Å². The highest BCUT2D eigenvalue weighted by atomic mass is 16.2. The molecule has 0 radical (unpaired) electrons. The summed E-state index contributed by atoms with van der Waals surface area (Å²) < 4.78 is 1.83. The predicted molar refractivity (Wildman–Crippen MR) is 79.0 cm³/mol. The van der Waals surface area contributed by atoms with Gasteiger partial charge in [-0.05, 0) is 38.1 Å². The zero-order valence-corrected chi connectivity index (χ0v) is 12.2. The molecule has 2 aliphatic rings. The van der Waals surface area contributed by atoms with Crippen molar-refractivity contribution >= 4 is 11.8 Å². The molecule has 2 aliphatic heterocycles. The fourth-order valence-electron chi connectivity index (χ4n) is 3.05. The molecule has 1 saturated heterocycles. The molecule has 0 spiro atoms. The lowest BCUT2D eigenvalue weighted by Gasteiger charge is -2.28. The van der Waals surface area contributed by atoms with Crippen LogP contribution >= 0.6 is 0 Å². The molecule has 1 aromatic rings. The van der Waals surface area contributed by atoms with Crippen LogP contribution in [0.25, 0.3) is 0 Å². The molecule has 0 saturated carbocycles. The van der Waals surface area contributed by atoms with Crippen molar-refractivity contribution in [2.45, 2.75) is 31.8 Å². The van der Waals surface area contributed by atoms with Crippen LogP contribution in [0.3, 0.4) is 0 Å². The largest absolute Gasteiger partial charge is 0.353 e. The van der Waals surface area contributed by atoms with Crippen molar-refractivity contribution in [3.63, 3.8) is 0 Å². The fourth-order valence-corrected chi connectivity index (χ4v) is 3.05. The van der Waals surface area contributed by atoms with Crippen molar-refractivity contribution < 1.29 is 9.59 Å². The first-order valence-corrected chi connectivity index (χ1v) is 7.70. The van der Waals surface area contributed by atoms with E-state index in [0.29, 0.717) is 18.8 Å². The van der Waals surface area contributed by atoms with Crippen LogP contribution in [0, 0.1) is 0 Å². The highest BCUT2D eigenvalue weighted by Crippen LogP contribution is 2.10. The molecule has 114 valence electrons. The van der Waals surface area contributed by atoms with Crippen LogP contribution in [-0.2, 0) is 11.3 Å². The van der Waals surface area contributed by atoms with Gasteiger partial charge in [-0.3, -0.25) is 9.59 Å². The van der Waals surface area contributed by atoms with Crippen molar-refractivity contribution in [3.8, 4) is 0 Å². The molecule has 21 heavy (non-hydrogen) atoms. The van der Waals surface area contributed by atoms with Gasteiger partial charge >= 0.3 is 0 Å². The number of aromatic nitrogens is 1. The number of amides is 2. The molecule has 6 heteroatoms. The Morgan fingerprint density at radius 1 is 1.33 bits per heavy atom. The number of hydrogen-bond donors (Lipinski definition) is 2. The quantitative estimate of drug-likeness (QED) is 0.832. The average molecular weight is 290 g/mol. The zero-order chi connectivity index (χ0) is 14.7. The number of hydrogen-bond acceptors (Lipinski definition) is 3. The van der Waals surface area contributed by atoms with Crippen LogP contribution < -0.4 is 10.6 Å². The summed E-state index contributed by atoms with van der Waals surface area (Å²) in [6.07, 6.45) is 5.66. The Bertz CT molecular complexity index is 519. The van der Waals surface area contributed by atoms with Gasteiger partial charge in [0.1, 0.15) is 11.7 Å². The Morgan fingerprint density at radius 3 is 2.95 bits per heavy atom. The van der Waals surface area contributed by atoms with Gasteiger partial charge in [-0.25, -0.2) is 0 Å². The normalized spacial score (nSPS) is 22.5. The van der Waals surface area contributed by atoms with E-state index in [2.05, 4.69) is 15.5 Å². The zero-order valence-electron chi connectivity index (χ0n) is 12.2. The molecule has 2 amide bonds. The topological polar surface area (TPSA) is 66.4 Å². The van der Waals surface area contributed by atoms with E-state index in [4.69, 9.17) is 0 Å². The molecular formula is C15H22N4O2. The van der Waals surface area contributed by atoms with Crippen LogP contribution in [0.15, 0.2) is 18.3 Å². The van der Waals surface area contributed by atoms with Gasteiger partial charge in [-0.15, -0.1) is 0 Å². The van der Waals surface area contributed by atoms with Crippen LogP contribution in [0.4, 0.5) is 0 Å². The second kappa shape index (κ2) is 6.30. The summed E-state index contributed by atoms with van der Waals surface area (Å²) in [5.41, 5.74) is 0.618. The minimum absolute atomic E-state index is 0.0975. The average Bonchev–Trinajstić information content (AvgIpc) is 2.97. The monoisotopic (exact) mass is 290 g/mol. The summed E-state index contributed by atoms with van der Waals surface area (Å²) in [6, 6.07) is 3.12. The second-order valence-corrected chi connectivity index (χ2v) is 5.77. The summed E-state index contributed by atoms with van der Waals surface area (Å²) in [5.74, 6) is -0.276. The third-order valence-corrected chi connectivity index (χ3v) is 4.24. The molecule has 1 unspecified atom stereocenters. The van der Waals surface area contributed by atoms with Crippen LogP contribution in [-0.4, -0.2) is 53.5 Å². The number of likely N-dealkylation sites (tertiary alicyclic amines) is 1. The molecule has 0 aliphatic carbocycles. The van der Waals surface area contributed by atoms with E-state index in [-0.39, 0.29) is 11.8 Å². The smallest absolute Gasteiger partial charge is 0.268 e. The lowest BCUT2D eigenvalue weighted by molar-refractivity contribution is -0.123. The number of fused-ring (bicyclic) bond motifs is 1. The number of piperidine rings is 1. The van der Waals surface area contributed by atoms with Gasteiger partial charge < -0.3 is 20.1 Å². The molecule has 6 nitrogen and oxygen atoms in total. The van der Waals surface area contributed by atoms with Gasteiger partial charge in [0.25, 0.3) is 5.91 Å². The Morgan fingerprint density at radius 2 is 2.14 bits per heavy atom. The highest BCUT2D eigenvalue weighted by Gasteiger charge is 2.28. The molecule has 3 rings (SSSR count). The molecule has 3 heterocycles. The summed E-state index contributed by atoms with van der Waals surface area (Å²) >= 11 is 0. The molecule has 0 bridgehead atoms. The number of nitrogens with zero attached hydrogens (tertiary/aromatic N) is 2. The SMILES string of the molecule is O=C1NC(C(=O)NCCN2CCCCC2)Cn2cccc21. The molecule has 1 aromatic heterocycles. The molecule has 0 aromatic carbocycles. The van der Waals surface area contributed by atoms with Gasteiger partial charge in [0, 0.05) is 19.3 Å². The van der Waals surface area contributed by atoms with Gasteiger partial charge in [0.05, 0.1) is 6.54 Å². The van der Waals surface area contributed by atoms with Crippen molar-refractivity contribution in [2.75, 3.05) is 26.2 Å². The second-order valence-electron chi connectivity index (χ2n) is 5.77. The lowest BCUT2D eigenvalue weighted by atomic mass is 10.1. The van der Waals surface area contributed by atoms with Crippen molar-refractivity contribution in [2.24, 2.45) is 0 Å². The van der Waals surface area contributed by atoms with E-state index >= 15 is 0 Å². The Balaban J connectivity index is 1.47.